The van der Waals surface area contributed by atoms with Crippen LogP contribution in [0.3, 0.4) is 0 Å². The van der Waals surface area contributed by atoms with E-state index in [2.05, 4.69) is 4.90 Å². The van der Waals surface area contributed by atoms with Crippen LogP contribution in [0.2, 0.25) is 0 Å². The highest BCUT2D eigenvalue weighted by molar-refractivity contribution is 5.96. The van der Waals surface area contributed by atoms with Gasteiger partial charge in [-0.1, -0.05) is 78.4 Å². The molecule has 0 atom stereocenters. The van der Waals surface area contributed by atoms with Crippen LogP contribution in [0.15, 0.2) is 97.1 Å². The Morgan fingerprint density at radius 2 is 1.15 bits per heavy atom. The Morgan fingerprint density at radius 1 is 0.610 bits per heavy atom. The summed E-state index contributed by atoms with van der Waals surface area (Å²) < 4.78 is 0. The van der Waals surface area contributed by atoms with E-state index >= 15 is 0 Å². The maximum Gasteiger partial charge on any atom is 0.254 e. The van der Waals surface area contributed by atoms with Crippen LogP contribution in [0.1, 0.15) is 39.1 Å². The third-order valence-corrected chi connectivity index (χ3v) is 8.35. The number of aromatic nitrogens is 1. The lowest BCUT2D eigenvalue weighted by Crippen LogP contribution is -2.54. The molecule has 208 valence electrons. The zero-order chi connectivity index (χ0) is 28.2. The minimum Gasteiger partial charge on any atom is -0.339 e. The van der Waals surface area contributed by atoms with E-state index in [1.54, 1.807) is 0 Å². The first-order chi connectivity index (χ1) is 20.0. The first-order valence-corrected chi connectivity index (χ1v) is 14.6. The number of hydrogen-bond acceptors (Lipinski definition) is 4. The molecule has 4 aromatic rings. The Hall–Kier alpha value is -4.29. The molecule has 2 amide bonds. The minimum absolute atomic E-state index is 0.0555. The molecular formula is C35H36N4O2. The van der Waals surface area contributed by atoms with Crippen molar-refractivity contribution in [1.29, 1.82) is 0 Å². The quantitative estimate of drug-likeness (QED) is 0.319. The van der Waals surface area contributed by atoms with E-state index in [1.807, 2.05) is 114 Å². The fourth-order valence-corrected chi connectivity index (χ4v) is 6.04. The molecule has 3 heterocycles. The minimum atomic E-state index is 0.0555. The summed E-state index contributed by atoms with van der Waals surface area (Å²) in [5.74, 6) is 0.185. The Kier molecular flexibility index (Phi) is 7.92. The molecule has 0 radical (unpaired) electrons. The molecule has 6 heteroatoms. The van der Waals surface area contributed by atoms with Crippen molar-refractivity contribution < 1.29 is 9.59 Å². The number of carbonyl (C=O) groups excluding carboxylic acids is 2. The van der Waals surface area contributed by atoms with E-state index in [9.17, 15) is 9.59 Å². The second kappa shape index (κ2) is 12.1. The largest absolute Gasteiger partial charge is 0.339 e. The lowest BCUT2D eigenvalue weighted by atomic mass is 10.0. The maximum atomic E-state index is 13.8. The summed E-state index contributed by atoms with van der Waals surface area (Å²) in [4.78, 5) is 38.1. The van der Waals surface area contributed by atoms with Gasteiger partial charge in [-0.05, 0) is 44.0 Å². The summed E-state index contributed by atoms with van der Waals surface area (Å²) in [5, 5.41) is 0. The Balaban J connectivity index is 1.10. The summed E-state index contributed by atoms with van der Waals surface area (Å²) in [6.45, 7) is 6.67. The number of pyridine rings is 1. The van der Waals surface area contributed by atoms with Crippen LogP contribution < -0.4 is 0 Å². The fourth-order valence-electron chi connectivity index (χ4n) is 6.04. The number of piperidine rings is 1. The predicted molar refractivity (Wildman–Crippen MR) is 163 cm³/mol. The molecule has 6 nitrogen and oxygen atoms in total. The molecule has 2 aliphatic rings. The van der Waals surface area contributed by atoms with Gasteiger partial charge in [0.2, 0.25) is 0 Å². The standard InChI is InChI=1S/C35H36N4O2/c1-26-9-8-14-29(23-26)34(40)38-17-15-31(16-18-38)37-19-21-39(22-20-37)35(41)30-24-32(27-10-4-2-5-11-27)36-33(25-30)28-12-6-3-7-13-28/h2-14,23-25,31H,15-22H2,1H3. The van der Waals surface area contributed by atoms with Gasteiger partial charge in [0.05, 0.1) is 11.4 Å². The molecule has 0 aliphatic carbocycles. The Bertz CT molecular complexity index is 1450. The second-order valence-electron chi connectivity index (χ2n) is 11.1. The summed E-state index contributed by atoms with van der Waals surface area (Å²) >= 11 is 0. The zero-order valence-electron chi connectivity index (χ0n) is 23.6. The molecule has 3 aromatic carbocycles. The van der Waals surface area contributed by atoms with Gasteiger partial charge >= 0.3 is 0 Å². The Labute approximate surface area is 242 Å². The molecule has 0 saturated carbocycles. The molecule has 41 heavy (non-hydrogen) atoms. The molecule has 1 aromatic heterocycles. The highest BCUT2D eigenvalue weighted by atomic mass is 16.2. The number of piperazine rings is 1. The van der Waals surface area contributed by atoms with Gasteiger partial charge in [-0.25, -0.2) is 4.98 Å². The topological polar surface area (TPSA) is 56.8 Å². The number of benzene rings is 3. The maximum absolute atomic E-state index is 13.8. The molecule has 2 saturated heterocycles. The van der Waals surface area contributed by atoms with Crippen LogP contribution >= 0.6 is 0 Å². The van der Waals surface area contributed by atoms with Crippen LogP contribution in [-0.4, -0.2) is 76.8 Å². The van der Waals surface area contributed by atoms with Gasteiger partial charge in [-0.3, -0.25) is 14.5 Å². The third-order valence-electron chi connectivity index (χ3n) is 8.35. The number of amides is 2. The average molecular weight is 545 g/mol. The highest BCUT2D eigenvalue weighted by Crippen LogP contribution is 2.26. The summed E-state index contributed by atoms with van der Waals surface area (Å²) in [6, 6.07) is 32.2. The lowest BCUT2D eigenvalue weighted by Gasteiger charge is -2.42. The van der Waals surface area contributed by atoms with Crippen molar-refractivity contribution in [3.8, 4) is 22.5 Å². The Morgan fingerprint density at radius 3 is 1.71 bits per heavy atom. The van der Waals surface area contributed by atoms with Crippen molar-refractivity contribution >= 4 is 11.8 Å². The molecule has 6 rings (SSSR count). The molecule has 0 bridgehead atoms. The second-order valence-corrected chi connectivity index (χ2v) is 11.1. The molecule has 0 spiro atoms. The van der Waals surface area contributed by atoms with Gasteiger partial charge in [0.25, 0.3) is 11.8 Å². The van der Waals surface area contributed by atoms with Crippen LogP contribution in [0.4, 0.5) is 0 Å². The lowest BCUT2D eigenvalue weighted by molar-refractivity contribution is 0.0412. The number of likely N-dealkylation sites (tertiary alicyclic amines) is 1. The van der Waals surface area contributed by atoms with E-state index in [0.717, 1.165) is 72.7 Å². The first kappa shape index (κ1) is 26.9. The van der Waals surface area contributed by atoms with Gasteiger partial charge in [0, 0.05) is 67.6 Å². The molecular weight excluding hydrogens is 508 g/mol. The van der Waals surface area contributed by atoms with Crippen LogP contribution in [0.5, 0.6) is 0 Å². The predicted octanol–water partition coefficient (Wildman–Crippen LogP) is 5.79. The normalized spacial score (nSPS) is 16.5. The van der Waals surface area contributed by atoms with Crippen LogP contribution in [0.25, 0.3) is 22.5 Å². The summed E-state index contributed by atoms with van der Waals surface area (Å²) in [5.41, 5.74) is 6.17. The average Bonchev–Trinajstić information content (AvgIpc) is 3.05. The van der Waals surface area contributed by atoms with E-state index in [4.69, 9.17) is 4.98 Å². The van der Waals surface area contributed by atoms with Crippen molar-refractivity contribution in [1.82, 2.24) is 19.7 Å². The number of aryl methyl sites for hydroxylation is 1. The molecule has 2 fully saturated rings. The van der Waals surface area contributed by atoms with E-state index in [0.29, 0.717) is 24.7 Å². The number of rotatable bonds is 5. The zero-order valence-corrected chi connectivity index (χ0v) is 23.6. The molecule has 0 unspecified atom stereocenters. The van der Waals surface area contributed by atoms with Gasteiger partial charge in [-0.15, -0.1) is 0 Å². The van der Waals surface area contributed by atoms with Gasteiger partial charge in [0.1, 0.15) is 0 Å². The van der Waals surface area contributed by atoms with Crippen LogP contribution in [0, 0.1) is 6.92 Å². The van der Waals surface area contributed by atoms with E-state index in [1.165, 1.54) is 0 Å². The van der Waals surface area contributed by atoms with Gasteiger partial charge in [-0.2, -0.15) is 0 Å². The SMILES string of the molecule is Cc1cccc(C(=O)N2CCC(N3CCN(C(=O)c4cc(-c5ccccc5)nc(-c5ccccc5)c4)CC3)CC2)c1. The van der Waals surface area contributed by atoms with E-state index < -0.39 is 0 Å². The van der Waals surface area contributed by atoms with Crippen LogP contribution in [-0.2, 0) is 0 Å². The van der Waals surface area contributed by atoms with Crippen molar-refractivity contribution in [2.24, 2.45) is 0 Å². The smallest absolute Gasteiger partial charge is 0.254 e. The van der Waals surface area contributed by atoms with Crippen molar-refractivity contribution in [2.75, 3.05) is 39.3 Å². The summed E-state index contributed by atoms with van der Waals surface area (Å²) in [6.07, 6.45) is 1.94. The van der Waals surface area contributed by atoms with Crippen molar-refractivity contribution in [2.45, 2.75) is 25.8 Å². The third kappa shape index (κ3) is 6.08. The molecule has 2 aliphatic heterocycles. The molecule has 0 N–H and O–H groups in total. The fraction of sp³-hybridized carbons (Fsp3) is 0.286. The number of hydrogen-bond donors (Lipinski definition) is 0. The highest BCUT2D eigenvalue weighted by Gasteiger charge is 2.31. The summed E-state index contributed by atoms with van der Waals surface area (Å²) in [7, 11) is 0. The van der Waals surface area contributed by atoms with Crippen molar-refractivity contribution in [3.63, 3.8) is 0 Å². The monoisotopic (exact) mass is 544 g/mol. The van der Waals surface area contributed by atoms with Crippen molar-refractivity contribution in [3.05, 3.63) is 114 Å². The number of nitrogens with zero attached hydrogens (tertiary/aromatic N) is 4. The first-order valence-electron chi connectivity index (χ1n) is 14.6. The number of carbonyl (C=O) groups is 2. The van der Waals surface area contributed by atoms with Gasteiger partial charge in [0.15, 0.2) is 0 Å². The van der Waals surface area contributed by atoms with Gasteiger partial charge < -0.3 is 9.80 Å². The van der Waals surface area contributed by atoms with E-state index in [-0.39, 0.29) is 11.8 Å².